The van der Waals surface area contributed by atoms with Crippen molar-refractivity contribution in [2.24, 2.45) is 0 Å². The quantitative estimate of drug-likeness (QED) is 0.723. The molecule has 0 aliphatic rings. The third-order valence-electron chi connectivity index (χ3n) is 3.85. The highest BCUT2D eigenvalue weighted by Gasteiger charge is 2.22. The van der Waals surface area contributed by atoms with Gasteiger partial charge in [-0.3, -0.25) is 4.79 Å². The van der Waals surface area contributed by atoms with Gasteiger partial charge in [0, 0.05) is 24.0 Å². The molecule has 1 amide bonds. The molecule has 0 aromatic heterocycles. The first kappa shape index (κ1) is 17.3. The summed E-state index contributed by atoms with van der Waals surface area (Å²) >= 11 is 0. The summed E-state index contributed by atoms with van der Waals surface area (Å²) in [5.74, 6) is 0.0829. The molecule has 0 bridgehead atoms. The average molecular weight is 291 g/mol. The fourth-order valence-corrected chi connectivity index (χ4v) is 2.45. The van der Waals surface area contributed by atoms with Gasteiger partial charge in [0.2, 0.25) is 5.91 Å². The lowest BCUT2D eigenvalue weighted by molar-refractivity contribution is -0.122. The molecule has 1 rings (SSSR count). The summed E-state index contributed by atoms with van der Waals surface area (Å²) in [6.07, 6.45) is 2.90. The second-order valence-electron chi connectivity index (χ2n) is 5.49. The number of hydrogen-bond donors (Lipinski definition) is 2. The van der Waals surface area contributed by atoms with Crippen molar-refractivity contribution >= 4 is 17.3 Å². The molecule has 0 spiro atoms. The van der Waals surface area contributed by atoms with Gasteiger partial charge in [0.25, 0.3) is 0 Å². The van der Waals surface area contributed by atoms with Crippen LogP contribution in [0.5, 0.6) is 0 Å². The minimum absolute atomic E-state index is 0.0829. The minimum atomic E-state index is -0.202. The van der Waals surface area contributed by atoms with Gasteiger partial charge in [0.05, 0.1) is 0 Å². The molecule has 0 heterocycles. The van der Waals surface area contributed by atoms with Crippen molar-refractivity contribution in [3.05, 3.63) is 24.3 Å². The highest BCUT2D eigenvalue weighted by molar-refractivity contribution is 5.85. The number of hydrogen-bond acceptors (Lipinski definition) is 3. The number of rotatable bonds is 8. The standard InChI is InChI=1S/C17H29N3O/c1-5-11-20(16-10-8-9-14(18)12-16)13(4)17(21)19-15(6-2)7-3/h8-10,12-13,15H,5-7,11,18H2,1-4H3,(H,19,21). The maximum absolute atomic E-state index is 12.5. The van der Waals surface area contributed by atoms with E-state index in [9.17, 15) is 4.79 Å². The zero-order valence-corrected chi connectivity index (χ0v) is 13.7. The molecule has 0 saturated carbocycles. The third kappa shape index (κ3) is 4.96. The van der Waals surface area contributed by atoms with Crippen molar-refractivity contribution in [2.45, 2.75) is 59.0 Å². The van der Waals surface area contributed by atoms with Crippen molar-refractivity contribution in [3.63, 3.8) is 0 Å². The van der Waals surface area contributed by atoms with Gasteiger partial charge in [-0.1, -0.05) is 26.8 Å². The van der Waals surface area contributed by atoms with Crippen LogP contribution in [0.1, 0.15) is 47.0 Å². The second kappa shape index (κ2) is 8.55. The topological polar surface area (TPSA) is 58.4 Å². The number of benzene rings is 1. The van der Waals surface area contributed by atoms with Gasteiger partial charge < -0.3 is 16.0 Å². The Morgan fingerprint density at radius 2 is 1.95 bits per heavy atom. The van der Waals surface area contributed by atoms with Crippen molar-refractivity contribution in [1.29, 1.82) is 0 Å². The number of nitrogens with zero attached hydrogens (tertiary/aromatic N) is 1. The summed E-state index contributed by atoms with van der Waals surface area (Å²) in [5.41, 5.74) is 7.59. The van der Waals surface area contributed by atoms with Gasteiger partial charge in [-0.25, -0.2) is 0 Å². The first-order valence-corrected chi connectivity index (χ1v) is 7.95. The fraction of sp³-hybridized carbons (Fsp3) is 0.588. The molecule has 1 unspecified atom stereocenters. The third-order valence-corrected chi connectivity index (χ3v) is 3.85. The highest BCUT2D eigenvalue weighted by atomic mass is 16.2. The molecule has 4 heteroatoms. The van der Waals surface area contributed by atoms with Crippen molar-refractivity contribution in [1.82, 2.24) is 5.32 Å². The maximum Gasteiger partial charge on any atom is 0.242 e. The summed E-state index contributed by atoms with van der Waals surface area (Å²) < 4.78 is 0. The number of nitrogens with two attached hydrogens (primary N) is 1. The number of carbonyl (C=O) groups is 1. The first-order chi connectivity index (χ1) is 10.0. The Labute approximate surface area is 128 Å². The van der Waals surface area contributed by atoms with E-state index >= 15 is 0 Å². The number of nitrogens with one attached hydrogen (secondary N) is 1. The number of carbonyl (C=O) groups excluding carboxylic acids is 1. The summed E-state index contributed by atoms with van der Waals surface area (Å²) in [5, 5.41) is 3.13. The number of nitrogen functional groups attached to an aromatic ring is 1. The first-order valence-electron chi connectivity index (χ1n) is 7.95. The van der Waals surface area contributed by atoms with Gasteiger partial charge in [0.15, 0.2) is 0 Å². The Balaban J connectivity index is 2.86. The molecule has 118 valence electrons. The SMILES string of the molecule is CCCN(c1cccc(N)c1)C(C)C(=O)NC(CC)CC. The van der Waals surface area contributed by atoms with Crippen molar-refractivity contribution in [3.8, 4) is 0 Å². The summed E-state index contributed by atoms with van der Waals surface area (Å²) in [6, 6.07) is 7.78. The van der Waals surface area contributed by atoms with Gasteiger partial charge in [-0.2, -0.15) is 0 Å². The Bertz CT molecular complexity index is 443. The molecule has 1 aromatic carbocycles. The summed E-state index contributed by atoms with van der Waals surface area (Å²) in [6.45, 7) is 9.10. The molecule has 0 saturated heterocycles. The van der Waals surface area contributed by atoms with Crippen LogP contribution in [0.2, 0.25) is 0 Å². The number of amides is 1. The Morgan fingerprint density at radius 1 is 1.29 bits per heavy atom. The second-order valence-corrected chi connectivity index (χ2v) is 5.49. The van der Waals surface area contributed by atoms with Crippen LogP contribution in [0.4, 0.5) is 11.4 Å². The van der Waals surface area contributed by atoms with Gasteiger partial charge >= 0.3 is 0 Å². The zero-order valence-electron chi connectivity index (χ0n) is 13.7. The van der Waals surface area contributed by atoms with Crippen LogP contribution < -0.4 is 16.0 Å². The molecule has 0 fully saturated rings. The van der Waals surface area contributed by atoms with E-state index in [1.807, 2.05) is 31.2 Å². The minimum Gasteiger partial charge on any atom is -0.399 e. The molecule has 1 atom stereocenters. The molecule has 0 aliphatic carbocycles. The van der Waals surface area contributed by atoms with E-state index < -0.39 is 0 Å². The van der Waals surface area contributed by atoms with Crippen LogP contribution in [0, 0.1) is 0 Å². The van der Waals surface area contributed by atoms with Crippen LogP contribution in [0.3, 0.4) is 0 Å². The van der Waals surface area contributed by atoms with E-state index in [0.29, 0.717) is 0 Å². The Kier molecular flexibility index (Phi) is 7.06. The van der Waals surface area contributed by atoms with Crippen molar-refractivity contribution in [2.75, 3.05) is 17.2 Å². The van der Waals surface area contributed by atoms with Crippen LogP contribution in [0.25, 0.3) is 0 Å². The van der Waals surface area contributed by atoms with Crippen LogP contribution in [-0.4, -0.2) is 24.5 Å². The predicted molar refractivity (Wildman–Crippen MR) is 90.5 cm³/mol. The zero-order chi connectivity index (χ0) is 15.8. The van der Waals surface area contributed by atoms with E-state index in [2.05, 4.69) is 31.0 Å². The molecule has 4 nitrogen and oxygen atoms in total. The molecule has 0 radical (unpaired) electrons. The molecule has 3 N–H and O–H groups in total. The monoisotopic (exact) mass is 291 g/mol. The largest absolute Gasteiger partial charge is 0.399 e. The van der Waals surface area contributed by atoms with Crippen LogP contribution >= 0.6 is 0 Å². The summed E-state index contributed by atoms with van der Waals surface area (Å²) in [7, 11) is 0. The lowest BCUT2D eigenvalue weighted by Gasteiger charge is -2.31. The maximum atomic E-state index is 12.5. The lowest BCUT2D eigenvalue weighted by Crippen LogP contribution is -2.48. The predicted octanol–water partition coefficient (Wildman–Crippen LogP) is 3.18. The molecular formula is C17H29N3O. The molecule has 0 aliphatic heterocycles. The smallest absolute Gasteiger partial charge is 0.242 e. The lowest BCUT2D eigenvalue weighted by atomic mass is 10.1. The van der Waals surface area contributed by atoms with Crippen LogP contribution in [0.15, 0.2) is 24.3 Å². The highest BCUT2D eigenvalue weighted by Crippen LogP contribution is 2.20. The number of anilines is 2. The van der Waals surface area contributed by atoms with Gasteiger partial charge in [-0.05, 0) is 44.4 Å². The van der Waals surface area contributed by atoms with Crippen molar-refractivity contribution < 1.29 is 4.79 Å². The Hall–Kier alpha value is -1.71. The van der Waals surface area contributed by atoms with E-state index in [0.717, 1.165) is 37.2 Å². The van der Waals surface area contributed by atoms with E-state index in [1.54, 1.807) is 0 Å². The molecule has 21 heavy (non-hydrogen) atoms. The van der Waals surface area contributed by atoms with E-state index in [-0.39, 0.29) is 18.0 Å². The average Bonchev–Trinajstić information content (AvgIpc) is 2.49. The van der Waals surface area contributed by atoms with Gasteiger partial charge in [-0.15, -0.1) is 0 Å². The molecular weight excluding hydrogens is 262 g/mol. The fourth-order valence-electron chi connectivity index (χ4n) is 2.45. The van der Waals surface area contributed by atoms with E-state index in [4.69, 9.17) is 5.73 Å². The Morgan fingerprint density at radius 3 is 2.48 bits per heavy atom. The van der Waals surface area contributed by atoms with Crippen LogP contribution in [-0.2, 0) is 4.79 Å². The normalized spacial score (nSPS) is 12.2. The van der Waals surface area contributed by atoms with E-state index in [1.165, 1.54) is 0 Å². The summed E-state index contributed by atoms with van der Waals surface area (Å²) in [4.78, 5) is 14.6. The van der Waals surface area contributed by atoms with Gasteiger partial charge in [0.1, 0.15) is 6.04 Å². The molecule has 1 aromatic rings.